The summed E-state index contributed by atoms with van der Waals surface area (Å²) in [6.45, 7) is 2.12. The predicted molar refractivity (Wildman–Crippen MR) is 87.2 cm³/mol. The molecule has 5 rings (SSSR count). The number of nitrogens with one attached hydrogen (secondary N) is 1. The largest absolute Gasteiger partial charge is 0.508 e. The van der Waals surface area contributed by atoms with Gasteiger partial charge in [0.15, 0.2) is 0 Å². The molecule has 0 heterocycles. The van der Waals surface area contributed by atoms with Crippen molar-refractivity contribution in [3.8, 4) is 5.75 Å². The van der Waals surface area contributed by atoms with Gasteiger partial charge in [-0.3, -0.25) is 4.79 Å². The maximum atomic E-state index is 12.4. The van der Waals surface area contributed by atoms with Crippen LogP contribution in [0.2, 0.25) is 0 Å². The summed E-state index contributed by atoms with van der Waals surface area (Å²) in [6, 6.07) is 4.85. The molecule has 0 aromatic heterocycles. The first-order valence-electron chi connectivity index (χ1n) is 8.76. The molecule has 3 N–H and O–H groups in total. The molecule has 4 nitrogen and oxygen atoms in total. The molecule has 4 saturated carbocycles. The van der Waals surface area contributed by atoms with Gasteiger partial charge in [-0.05, 0) is 86.5 Å². The van der Waals surface area contributed by atoms with Crippen molar-refractivity contribution in [2.45, 2.75) is 44.6 Å². The van der Waals surface area contributed by atoms with Crippen LogP contribution in [0.5, 0.6) is 5.75 Å². The topological polar surface area (TPSA) is 69.6 Å². The third-order valence-corrected chi connectivity index (χ3v) is 6.54. The van der Waals surface area contributed by atoms with E-state index in [2.05, 4.69) is 5.32 Å². The second-order valence-corrected chi connectivity index (χ2v) is 7.98. The lowest BCUT2D eigenvalue weighted by Crippen LogP contribution is -2.62. The quantitative estimate of drug-likeness (QED) is 0.803. The van der Waals surface area contributed by atoms with Crippen molar-refractivity contribution in [3.05, 3.63) is 29.3 Å². The highest BCUT2D eigenvalue weighted by molar-refractivity contribution is 5.94. The average Bonchev–Trinajstić information content (AvgIpc) is 2.52. The lowest BCUT2D eigenvalue weighted by molar-refractivity contribution is -0.168. The number of phenolic OH excluding ortho intramolecular Hbond substituents is 1. The number of aryl methyl sites for hydroxylation is 1. The first-order chi connectivity index (χ1) is 11.0. The molecule has 1 aromatic carbocycles. The minimum atomic E-state index is -0.727. The maximum Gasteiger partial charge on any atom is 0.251 e. The highest BCUT2D eigenvalue weighted by Crippen LogP contribution is 2.58. The summed E-state index contributed by atoms with van der Waals surface area (Å²) in [4.78, 5) is 12.4. The molecule has 1 aromatic rings. The van der Waals surface area contributed by atoms with E-state index in [1.165, 1.54) is 6.42 Å². The van der Waals surface area contributed by atoms with Crippen LogP contribution in [0.15, 0.2) is 18.2 Å². The van der Waals surface area contributed by atoms with Gasteiger partial charge in [-0.25, -0.2) is 0 Å². The predicted octanol–water partition coefficient (Wildman–Crippen LogP) is 2.62. The highest BCUT2D eigenvalue weighted by Gasteiger charge is 2.56. The van der Waals surface area contributed by atoms with Crippen LogP contribution < -0.4 is 5.32 Å². The second-order valence-electron chi connectivity index (χ2n) is 7.98. The Morgan fingerprint density at radius 3 is 2.35 bits per heavy atom. The third-order valence-electron chi connectivity index (χ3n) is 6.54. The van der Waals surface area contributed by atoms with Crippen LogP contribution in [0.1, 0.15) is 48.0 Å². The van der Waals surface area contributed by atoms with Gasteiger partial charge in [0.1, 0.15) is 5.75 Å². The van der Waals surface area contributed by atoms with Crippen molar-refractivity contribution >= 4 is 5.91 Å². The van der Waals surface area contributed by atoms with Crippen LogP contribution in [0, 0.1) is 30.6 Å². The van der Waals surface area contributed by atoms with Gasteiger partial charge in [0.2, 0.25) is 0 Å². The Labute approximate surface area is 136 Å². The zero-order valence-electron chi connectivity index (χ0n) is 13.6. The van der Waals surface area contributed by atoms with E-state index in [1.54, 1.807) is 25.1 Å². The molecule has 4 bridgehead atoms. The molecule has 0 atom stereocenters. The van der Waals surface area contributed by atoms with E-state index in [4.69, 9.17) is 0 Å². The highest BCUT2D eigenvalue weighted by atomic mass is 16.3. The summed E-state index contributed by atoms with van der Waals surface area (Å²) in [5.41, 5.74) is 0.494. The first-order valence-corrected chi connectivity index (χ1v) is 8.76. The molecular weight excluding hydrogens is 290 g/mol. The summed E-state index contributed by atoms with van der Waals surface area (Å²) in [6.07, 6.45) is 5.84. The summed E-state index contributed by atoms with van der Waals surface area (Å²) < 4.78 is 0. The summed E-state index contributed by atoms with van der Waals surface area (Å²) in [5, 5.41) is 23.7. The summed E-state index contributed by atoms with van der Waals surface area (Å²) in [5.74, 6) is 2.32. The third kappa shape index (κ3) is 2.44. The Bertz CT molecular complexity index is 612. The number of carbonyl (C=O) groups is 1. The summed E-state index contributed by atoms with van der Waals surface area (Å²) >= 11 is 0. The molecular formula is C19H25NO3. The standard InChI is InChI=1S/C19H25NO3/c1-11-4-14(2-3-17(11)21)18(22)20-10-19(23)15-6-12-5-13(8-15)9-16(19)7-12/h2-4,12-13,15-16,21,23H,5-10H2,1H3,(H,20,22). The Kier molecular flexibility index (Phi) is 3.41. The van der Waals surface area contributed by atoms with Gasteiger partial charge < -0.3 is 15.5 Å². The van der Waals surface area contributed by atoms with Gasteiger partial charge in [0.05, 0.1) is 5.60 Å². The van der Waals surface area contributed by atoms with Gasteiger partial charge >= 0.3 is 0 Å². The number of benzene rings is 1. The van der Waals surface area contributed by atoms with E-state index in [0.29, 0.717) is 29.5 Å². The fourth-order valence-corrected chi connectivity index (χ4v) is 5.41. The number of aromatic hydroxyl groups is 1. The molecule has 4 aliphatic rings. The van der Waals surface area contributed by atoms with Crippen molar-refractivity contribution in [1.29, 1.82) is 0 Å². The molecule has 0 aliphatic heterocycles. The average molecular weight is 315 g/mol. The smallest absolute Gasteiger partial charge is 0.251 e. The molecule has 124 valence electrons. The van der Waals surface area contributed by atoms with Crippen LogP contribution in [0.3, 0.4) is 0 Å². The molecule has 0 saturated heterocycles. The fourth-order valence-electron chi connectivity index (χ4n) is 5.41. The van der Waals surface area contributed by atoms with Crippen LogP contribution in [0.25, 0.3) is 0 Å². The van der Waals surface area contributed by atoms with Crippen molar-refractivity contribution in [3.63, 3.8) is 0 Å². The van der Waals surface area contributed by atoms with E-state index in [9.17, 15) is 15.0 Å². The van der Waals surface area contributed by atoms with E-state index in [0.717, 1.165) is 37.5 Å². The SMILES string of the molecule is Cc1cc(C(=O)NCC2(O)C3CC4CC(C3)CC2C4)ccc1O. The number of carbonyl (C=O) groups excluding carboxylic acids is 1. The normalized spacial score (nSPS) is 37.8. The maximum absolute atomic E-state index is 12.4. The van der Waals surface area contributed by atoms with Crippen molar-refractivity contribution in [1.82, 2.24) is 5.32 Å². The number of rotatable bonds is 3. The van der Waals surface area contributed by atoms with E-state index in [1.807, 2.05) is 0 Å². The molecule has 1 amide bonds. The second kappa shape index (κ2) is 5.23. The zero-order valence-corrected chi connectivity index (χ0v) is 13.6. The van der Waals surface area contributed by atoms with Crippen LogP contribution >= 0.6 is 0 Å². The van der Waals surface area contributed by atoms with Gasteiger partial charge in [0.25, 0.3) is 5.91 Å². The van der Waals surface area contributed by atoms with Crippen molar-refractivity contribution < 1.29 is 15.0 Å². The lowest BCUT2D eigenvalue weighted by Gasteiger charge is -2.58. The van der Waals surface area contributed by atoms with E-state index >= 15 is 0 Å². The lowest BCUT2D eigenvalue weighted by atomic mass is 9.50. The molecule has 0 radical (unpaired) electrons. The number of hydrogen-bond acceptors (Lipinski definition) is 3. The van der Waals surface area contributed by atoms with Gasteiger partial charge in [-0.1, -0.05) is 0 Å². The van der Waals surface area contributed by atoms with Crippen LogP contribution in [0.4, 0.5) is 0 Å². The van der Waals surface area contributed by atoms with Gasteiger partial charge in [0, 0.05) is 12.1 Å². The molecule has 0 spiro atoms. The monoisotopic (exact) mass is 315 g/mol. The number of hydrogen-bond donors (Lipinski definition) is 3. The molecule has 4 fully saturated rings. The van der Waals surface area contributed by atoms with Crippen molar-refractivity contribution in [2.75, 3.05) is 6.54 Å². The fraction of sp³-hybridized carbons (Fsp3) is 0.632. The van der Waals surface area contributed by atoms with Crippen molar-refractivity contribution in [2.24, 2.45) is 23.7 Å². The number of phenols is 1. The van der Waals surface area contributed by atoms with E-state index in [-0.39, 0.29) is 11.7 Å². The Balaban J connectivity index is 1.46. The van der Waals surface area contributed by atoms with Crippen LogP contribution in [-0.2, 0) is 0 Å². The minimum absolute atomic E-state index is 0.171. The Morgan fingerprint density at radius 2 is 1.78 bits per heavy atom. The first kappa shape index (κ1) is 15.0. The minimum Gasteiger partial charge on any atom is -0.508 e. The Hall–Kier alpha value is -1.55. The molecule has 4 heteroatoms. The number of aliphatic hydroxyl groups is 1. The number of amides is 1. The van der Waals surface area contributed by atoms with Gasteiger partial charge in [-0.15, -0.1) is 0 Å². The van der Waals surface area contributed by atoms with Gasteiger partial charge in [-0.2, -0.15) is 0 Å². The zero-order chi connectivity index (χ0) is 16.2. The molecule has 0 unspecified atom stereocenters. The van der Waals surface area contributed by atoms with E-state index < -0.39 is 5.60 Å². The summed E-state index contributed by atoms with van der Waals surface area (Å²) in [7, 11) is 0. The molecule has 4 aliphatic carbocycles. The molecule has 23 heavy (non-hydrogen) atoms. The van der Waals surface area contributed by atoms with Crippen LogP contribution in [-0.4, -0.2) is 28.3 Å². The Morgan fingerprint density at radius 1 is 1.17 bits per heavy atom.